The molecule has 0 bridgehead atoms. The highest BCUT2D eigenvalue weighted by molar-refractivity contribution is 5.85. The fourth-order valence-corrected chi connectivity index (χ4v) is 4.71. The molecule has 0 aliphatic heterocycles. The van der Waals surface area contributed by atoms with E-state index in [1.807, 2.05) is 52.8 Å². The van der Waals surface area contributed by atoms with Crippen LogP contribution in [0.2, 0.25) is 0 Å². The average molecular weight is 516 g/mol. The molecule has 0 aromatic heterocycles. The van der Waals surface area contributed by atoms with Gasteiger partial charge in [0.2, 0.25) is 0 Å². The van der Waals surface area contributed by atoms with Crippen LogP contribution in [0.1, 0.15) is 59.9 Å². The molecule has 37 heavy (non-hydrogen) atoms. The standard InChI is InChI=1S/C29H45N3O5/c1-7-36-27(37-8-2)21(3)31(18-23-14-11-13-22-12-9-10-15-26(22)23)25(17-16-24(30)20-33)19-32(28(34)35)29(4,5)6/h9-15,20-21,24-25,27H,7-8,16-19,30H2,1-6H3,(H,34,35)/t21-,24?,25-/m0/s1. The molecule has 0 fully saturated rings. The van der Waals surface area contributed by atoms with Gasteiger partial charge in [0.25, 0.3) is 0 Å². The summed E-state index contributed by atoms with van der Waals surface area (Å²) in [4.78, 5) is 27.4. The number of nitrogens with two attached hydrogens (primary N) is 1. The molecule has 8 nitrogen and oxygen atoms in total. The van der Waals surface area contributed by atoms with E-state index >= 15 is 0 Å². The van der Waals surface area contributed by atoms with Gasteiger partial charge in [0, 0.05) is 37.9 Å². The second kappa shape index (κ2) is 14.4. The van der Waals surface area contributed by atoms with Crippen molar-refractivity contribution in [3.8, 4) is 0 Å². The smallest absolute Gasteiger partial charge is 0.407 e. The van der Waals surface area contributed by atoms with E-state index in [0.29, 0.717) is 32.6 Å². The fourth-order valence-electron chi connectivity index (χ4n) is 4.71. The third-order valence-electron chi connectivity index (χ3n) is 6.72. The van der Waals surface area contributed by atoms with Crippen molar-refractivity contribution in [1.29, 1.82) is 0 Å². The zero-order valence-corrected chi connectivity index (χ0v) is 23.2. The molecule has 0 saturated heterocycles. The van der Waals surface area contributed by atoms with Gasteiger partial charge in [-0.2, -0.15) is 0 Å². The maximum atomic E-state index is 12.3. The number of hydrogen-bond donors (Lipinski definition) is 2. The van der Waals surface area contributed by atoms with E-state index in [4.69, 9.17) is 15.2 Å². The summed E-state index contributed by atoms with van der Waals surface area (Å²) in [6.45, 7) is 13.4. The van der Waals surface area contributed by atoms with Crippen LogP contribution in [0, 0.1) is 0 Å². The third-order valence-corrected chi connectivity index (χ3v) is 6.72. The third kappa shape index (κ3) is 8.78. The number of rotatable bonds is 15. The fraction of sp³-hybridized carbons (Fsp3) is 0.586. The van der Waals surface area contributed by atoms with Gasteiger partial charge in [-0.3, -0.25) is 4.90 Å². The number of carbonyl (C=O) groups excluding carboxylic acids is 1. The van der Waals surface area contributed by atoms with Gasteiger partial charge in [-0.15, -0.1) is 0 Å². The lowest BCUT2D eigenvalue weighted by atomic mass is 9.98. The van der Waals surface area contributed by atoms with Crippen molar-refractivity contribution in [1.82, 2.24) is 9.80 Å². The van der Waals surface area contributed by atoms with Gasteiger partial charge >= 0.3 is 6.09 Å². The normalized spacial score (nSPS) is 14.6. The van der Waals surface area contributed by atoms with Crippen LogP contribution in [0.25, 0.3) is 10.8 Å². The van der Waals surface area contributed by atoms with Crippen LogP contribution in [0.3, 0.4) is 0 Å². The van der Waals surface area contributed by atoms with E-state index in [9.17, 15) is 14.7 Å². The number of ether oxygens (including phenoxy) is 2. The number of nitrogens with zero attached hydrogens (tertiary/aromatic N) is 2. The van der Waals surface area contributed by atoms with E-state index in [1.165, 1.54) is 4.90 Å². The Hall–Kier alpha value is -2.52. The first-order chi connectivity index (χ1) is 17.5. The van der Waals surface area contributed by atoms with Crippen LogP contribution in [-0.4, -0.2) is 77.0 Å². The maximum Gasteiger partial charge on any atom is 0.407 e. The first-order valence-corrected chi connectivity index (χ1v) is 13.2. The molecule has 1 amide bonds. The van der Waals surface area contributed by atoms with Crippen molar-refractivity contribution >= 4 is 23.2 Å². The van der Waals surface area contributed by atoms with Crippen molar-refractivity contribution < 1.29 is 24.2 Å². The SMILES string of the molecule is CCOC(OCC)[C@H](C)N(Cc1cccc2ccccc12)[C@@H](CCC(N)C=O)CN(C(=O)O)C(C)(C)C. The molecule has 2 aromatic carbocycles. The number of aldehydes is 1. The van der Waals surface area contributed by atoms with E-state index in [0.717, 1.165) is 22.6 Å². The van der Waals surface area contributed by atoms with Crippen LogP contribution in [-0.2, 0) is 20.8 Å². The van der Waals surface area contributed by atoms with Gasteiger partial charge in [0.1, 0.15) is 6.29 Å². The minimum atomic E-state index is -0.985. The highest BCUT2D eigenvalue weighted by Crippen LogP contribution is 2.27. The van der Waals surface area contributed by atoms with Crippen molar-refractivity contribution in [2.45, 2.75) is 90.9 Å². The topological polar surface area (TPSA) is 105 Å². The van der Waals surface area contributed by atoms with E-state index in [-0.39, 0.29) is 18.6 Å². The number of carboxylic acid groups (broad SMARTS) is 1. The number of amides is 1. The lowest BCUT2D eigenvalue weighted by Gasteiger charge is -2.44. The predicted octanol–water partition coefficient (Wildman–Crippen LogP) is 4.88. The molecule has 0 radical (unpaired) electrons. The molecule has 206 valence electrons. The monoisotopic (exact) mass is 515 g/mol. The first-order valence-electron chi connectivity index (χ1n) is 13.2. The summed E-state index contributed by atoms with van der Waals surface area (Å²) in [6, 6.07) is 13.4. The van der Waals surface area contributed by atoms with Crippen LogP contribution in [0.15, 0.2) is 42.5 Å². The number of carbonyl (C=O) groups is 2. The van der Waals surface area contributed by atoms with Crippen LogP contribution < -0.4 is 5.73 Å². The minimum Gasteiger partial charge on any atom is -0.465 e. The summed E-state index contributed by atoms with van der Waals surface area (Å²) >= 11 is 0. The summed E-state index contributed by atoms with van der Waals surface area (Å²) in [5.41, 5.74) is 6.51. The molecule has 2 rings (SSSR count). The number of benzene rings is 2. The van der Waals surface area contributed by atoms with Gasteiger partial charge in [0.05, 0.1) is 12.1 Å². The lowest BCUT2D eigenvalue weighted by molar-refractivity contribution is -0.177. The van der Waals surface area contributed by atoms with Gasteiger partial charge in [-0.1, -0.05) is 42.5 Å². The summed E-state index contributed by atoms with van der Waals surface area (Å²) in [5.74, 6) is 0. The van der Waals surface area contributed by atoms with Crippen LogP contribution in [0.4, 0.5) is 4.79 Å². The Morgan fingerprint density at radius 3 is 2.24 bits per heavy atom. The summed E-state index contributed by atoms with van der Waals surface area (Å²) in [5, 5.41) is 12.4. The molecule has 3 N–H and O–H groups in total. The molecule has 0 heterocycles. The van der Waals surface area contributed by atoms with Crippen LogP contribution >= 0.6 is 0 Å². The Labute approximate surface area is 221 Å². The van der Waals surface area contributed by atoms with Crippen molar-refractivity contribution in [3.63, 3.8) is 0 Å². The highest BCUT2D eigenvalue weighted by atomic mass is 16.7. The van der Waals surface area contributed by atoms with Crippen molar-refractivity contribution in [2.24, 2.45) is 5.73 Å². The lowest BCUT2D eigenvalue weighted by Crippen LogP contribution is -2.56. The Kier molecular flexibility index (Phi) is 12.0. The molecule has 1 unspecified atom stereocenters. The van der Waals surface area contributed by atoms with Gasteiger partial charge in [0.15, 0.2) is 6.29 Å². The zero-order chi connectivity index (χ0) is 27.6. The molecule has 3 atom stereocenters. The minimum absolute atomic E-state index is 0.202. The van der Waals surface area contributed by atoms with E-state index < -0.39 is 24.0 Å². The summed E-state index contributed by atoms with van der Waals surface area (Å²) in [7, 11) is 0. The van der Waals surface area contributed by atoms with E-state index in [2.05, 4.69) is 36.1 Å². The molecule has 8 heteroatoms. The van der Waals surface area contributed by atoms with Gasteiger partial charge in [-0.05, 0) is 70.7 Å². The van der Waals surface area contributed by atoms with Gasteiger partial charge in [-0.25, -0.2) is 4.79 Å². The van der Waals surface area contributed by atoms with Crippen molar-refractivity contribution in [3.05, 3.63) is 48.0 Å². The number of fused-ring (bicyclic) bond motifs is 1. The molecule has 0 spiro atoms. The highest BCUT2D eigenvalue weighted by Gasteiger charge is 2.35. The molecule has 0 aliphatic carbocycles. The molecular formula is C29H45N3O5. The van der Waals surface area contributed by atoms with Gasteiger partial charge < -0.3 is 30.0 Å². The molecule has 0 saturated carbocycles. The Morgan fingerprint density at radius 2 is 1.68 bits per heavy atom. The second-order valence-corrected chi connectivity index (χ2v) is 10.4. The Bertz CT molecular complexity index is 982. The Balaban J connectivity index is 2.59. The molecule has 0 aliphatic rings. The van der Waals surface area contributed by atoms with Crippen molar-refractivity contribution in [2.75, 3.05) is 19.8 Å². The molecule has 2 aromatic rings. The largest absolute Gasteiger partial charge is 0.465 e. The zero-order valence-electron chi connectivity index (χ0n) is 23.2. The quantitative estimate of drug-likeness (QED) is 0.257. The second-order valence-electron chi connectivity index (χ2n) is 10.4. The number of hydrogen-bond acceptors (Lipinski definition) is 6. The maximum absolute atomic E-state index is 12.3. The average Bonchev–Trinajstić information content (AvgIpc) is 2.86. The Morgan fingerprint density at radius 1 is 1.05 bits per heavy atom. The van der Waals surface area contributed by atoms with Crippen LogP contribution in [0.5, 0.6) is 0 Å². The summed E-state index contributed by atoms with van der Waals surface area (Å²) < 4.78 is 12.0. The predicted molar refractivity (Wildman–Crippen MR) is 148 cm³/mol. The molecular weight excluding hydrogens is 470 g/mol. The first kappa shape index (κ1) is 30.7. The summed E-state index contributed by atoms with van der Waals surface area (Å²) in [6.07, 6.45) is 0.247. The van der Waals surface area contributed by atoms with E-state index in [1.54, 1.807) is 0 Å².